The molecule has 0 spiro atoms. The van der Waals surface area contributed by atoms with Crippen LogP contribution in [0.3, 0.4) is 0 Å². The highest BCUT2D eigenvalue weighted by molar-refractivity contribution is 6.24. The van der Waals surface area contributed by atoms with Crippen LogP contribution >= 0.6 is 0 Å². The number of ketones is 1. The van der Waals surface area contributed by atoms with Gasteiger partial charge in [-0.05, 0) is 35.7 Å². The summed E-state index contributed by atoms with van der Waals surface area (Å²) in [5, 5.41) is 0. The van der Waals surface area contributed by atoms with Crippen molar-refractivity contribution in [1.82, 2.24) is 0 Å². The quantitative estimate of drug-likeness (QED) is 0.537. The first-order chi connectivity index (χ1) is 11.0. The minimum atomic E-state index is -0.492. The average Bonchev–Trinajstić information content (AvgIpc) is 2.81. The van der Waals surface area contributed by atoms with E-state index in [1.807, 2.05) is 0 Å². The second-order valence-electron chi connectivity index (χ2n) is 5.25. The number of ether oxygens (including phenoxy) is 2. The van der Waals surface area contributed by atoms with Gasteiger partial charge >= 0.3 is 11.9 Å². The Hall–Kier alpha value is -2.95. The van der Waals surface area contributed by atoms with E-state index < -0.39 is 11.9 Å². The number of carbonyl (C=O) groups is 3. The lowest BCUT2D eigenvalue weighted by atomic mass is 9.97. The highest BCUT2D eigenvalue weighted by Crippen LogP contribution is 2.43. The van der Waals surface area contributed by atoms with Crippen molar-refractivity contribution < 1.29 is 23.9 Å². The molecule has 0 unspecified atom stereocenters. The SMILES string of the molecule is COC(=O)c1ccc2c(c1C)C(=O)c1c(OC(C)=O)cccc1-2. The molecule has 2 aromatic rings. The fourth-order valence-electron chi connectivity index (χ4n) is 2.91. The van der Waals surface area contributed by atoms with E-state index in [1.54, 1.807) is 37.3 Å². The molecule has 1 aliphatic rings. The summed E-state index contributed by atoms with van der Waals surface area (Å²) in [6, 6.07) is 8.46. The molecule has 0 aromatic heterocycles. The molecule has 0 saturated carbocycles. The van der Waals surface area contributed by atoms with Crippen molar-refractivity contribution in [3.05, 3.63) is 52.6 Å². The van der Waals surface area contributed by atoms with Crippen molar-refractivity contribution in [3.63, 3.8) is 0 Å². The smallest absolute Gasteiger partial charge is 0.338 e. The van der Waals surface area contributed by atoms with Crippen molar-refractivity contribution in [2.24, 2.45) is 0 Å². The number of hydrogen-bond acceptors (Lipinski definition) is 5. The lowest BCUT2D eigenvalue weighted by Gasteiger charge is -2.08. The van der Waals surface area contributed by atoms with Crippen LogP contribution in [-0.2, 0) is 9.53 Å². The third-order valence-corrected chi connectivity index (χ3v) is 3.89. The third kappa shape index (κ3) is 2.21. The van der Waals surface area contributed by atoms with Crippen molar-refractivity contribution >= 4 is 17.7 Å². The van der Waals surface area contributed by atoms with Crippen LogP contribution in [0.4, 0.5) is 0 Å². The first-order valence-electron chi connectivity index (χ1n) is 7.04. The van der Waals surface area contributed by atoms with Gasteiger partial charge in [0.2, 0.25) is 0 Å². The van der Waals surface area contributed by atoms with Crippen molar-refractivity contribution in [2.75, 3.05) is 7.11 Å². The van der Waals surface area contributed by atoms with Crippen LogP contribution in [0.5, 0.6) is 5.75 Å². The summed E-state index contributed by atoms with van der Waals surface area (Å²) in [6.07, 6.45) is 0. The van der Waals surface area contributed by atoms with E-state index in [0.717, 1.165) is 5.56 Å². The summed E-state index contributed by atoms with van der Waals surface area (Å²) in [6.45, 7) is 2.99. The minimum absolute atomic E-state index is 0.232. The molecule has 0 atom stereocenters. The van der Waals surface area contributed by atoms with Gasteiger partial charge in [0.1, 0.15) is 5.75 Å². The summed E-state index contributed by atoms with van der Waals surface area (Å²) < 4.78 is 9.89. The molecule has 5 heteroatoms. The Morgan fingerprint density at radius 3 is 2.35 bits per heavy atom. The summed E-state index contributed by atoms with van der Waals surface area (Å²) in [5.41, 5.74) is 3.13. The van der Waals surface area contributed by atoms with Gasteiger partial charge in [0.15, 0.2) is 5.78 Å². The monoisotopic (exact) mass is 310 g/mol. The molecule has 2 aromatic carbocycles. The van der Waals surface area contributed by atoms with Crippen LogP contribution in [0.15, 0.2) is 30.3 Å². The molecule has 0 amide bonds. The fourth-order valence-corrected chi connectivity index (χ4v) is 2.91. The summed E-state index contributed by atoms with van der Waals surface area (Å²) >= 11 is 0. The molecule has 0 saturated heterocycles. The van der Waals surface area contributed by atoms with Crippen LogP contribution in [0.1, 0.15) is 38.8 Å². The van der Waals surface area contributed by atoms with Gasteiger partial charge in [-0.15, -0.1) is 0 Å². The number of carbonyl (C=O) groups excluding carboxylic acids is 3. The molecule has 0 bridgehead atoms. The molecule has 23 heavy (non-hydrogen) atoms. The maximum Gasteiger partial charge on any atom is 0.338 e. The molecule has 116 valence electrons. The predicted octanol–water partition coefficient (Wildman–Crippen LogP) is 2.92. The molecule has 0 N–H and O–H groups in total. The average molecular weight is 310 g/mol. The van der Waals surface area contributed by atoms with Gasteiger partial charge in [0, 0.05) is 12.5 Å². The normalized spacial score (nSPS) is 11.7. The highest BCUT2D eigenvalue weighted by atomic mass is 16.5. The Bertz CT molecular complexity index is 864. The first-order valence-corrected chi connectivity index (χ1v) is 7.04. The molecular formula is C18H14O5. The first kappa shape index (κ1) is 15.0. The maximum absolute atomic E-state index is 12.8. The topological polar surface area (TPSA) is 69.7 Å². The Morgan fingerprint density at radius 1 is 1.00 bits per heavy atom. The lowest BCUT2D eigenvalue weighted by Crippen LogP contribution is -2.09. The largest absolute Gasteiger partial charge is 0.465 e. The van der Waals surface area contributed by atoms with Crippen molar-refractivity contribution in [2.45, 2.75) is 13.8 Å². The summed E-state index contributed by atoms with van der Waals surface area (Å²) in [4.78, 5) is 35.9. The highest BCUT2D eigenvalue weighted by Gasteiger charge is 2.33. The second kappa shape index (κ2) is 5.35. The third-order valence-electron chi connectivity index (χ3n) is 3.89. The van der Waals surface area contributed by atoms with Crippen LogP contribution in [0, 0.1) is 6.92 Å². The van der Waals surface area contributed by atoms with Crippen LogP contribution in [-0.4, -0.2) is 24.8 Å². The van der Waals surface area contributed by atoms with E-state index in [1.165, 1.54) is 14.0 Å². The Balaban J connectivity index is 2.22. The van der Waals surface area contributed by atoms with Crippen LogP contribution in [0.2, 0.25) is 0 Å². The number of methoxy groups -OCH3 is 1. The Labute approximate surface area is 132 Å². The predicted molar refractivity (Wildman–Crippen MR) is 82.7 cm³/mol. The number of rotatable bonds is 2. The standard InChI is InChI=1S/C18H14O5/c1-9-11(18(21)22-3)7-8-13-12-5-4-6-14(23-10(2)19)16(12)17(20)15(9)13/h4-8H,1-3H3. The maximum atomic E-state index is 12.8. The van der Waals surface area contributed by atoms with E-state index in [-0.39, 0.29) is 11.5 Å². The number of hydrogen-bond donors (Lipinski definition) is 0. The molecule has 0 fully saturated rings. The second-order valence-corrected chi connectivity index (χ2v) is 5.25. The molecular weight excluding hydrogens is 296 g/mol. The minimum Gasteiger partial charge on any atom is -0.465 e. The zero-order valence-corrected chi connectivity index (χ0v) is 12.9. The number of fused-ring (bicyclic) bond motifs is 3. The van der Waals surface area contributed by atoms with Crippen molar-refractivity contribution in [3.8, 4) is 16.9 Å². The van der Waals surface area contributed by atoms with Gasteiger partial charge < -0.3 is 9.47 Å². The zero-order chi connectivity index (χ0) is 16.7. The van der Waals surface area contributed by atoms with Gasteiger partial charge in [-0.3, -0.25) is 9.59 Å². The molecule has 1 aliphatic carbocycles. The number of esters is 2. The van der Waals surface area contributed by atoms with E-state index in [4.69, 9.17) is 9.47 Å². The molecule has 5 nitrogen and oxygen atoms in total. The Kier molecular flexibility index (Phi) is 3.48. The van der Waals surface area contributed by atoms with Crippen LogP contribution in [0.25, 0.3) is 11.1 Å². The molecule has 0 heterocycles. The molecule has 0 aliphatic heterocycles. The number of benzene rings is 2. The van der Waals surface area contributed by atoms with Gasteiger partial charge in [-0.25, -0.2) is 4.79 Å². The van der Waals surface area contributed by atoms with Gasteiger partial charge in [0.25, 0.3) is 0 Å². The van der Waals surface area contributed by atoms with Crippen LogP contribution < -0.4 is 4.74 Å². The van der Waals surface area contributed by atoms with Gasteiger partial charge in [-0.2, -0.15) is 0 Å². The summed E-state index contributed by atoms with van der Waals surface area (Å²) in [7, 11) is 1.30. The summed E-state index contributed by atoms with van der Waals surface area (Å²) in [5.74, 6) is -1.01. The van der Waals surface area contributed by atoms with Gasteiger partial charge in [-0.1, -0.05) is 18.2 Å². The fraction of sp³-hybridized carbons (Fsp3) is 0.167. The van der Waals surface area contributed by atoms with Gasteiger partial charge in [0.05, 0.1) is 18.2 Å². The lowest BCUT2D eigenvalue weighted by molar-refractivity contribution is -0.131. The Morgan fingerprint density at radius 2 is 1.70 bits per heavy atom. The molecule has 0 radical (unpaired) electrons. The van der Waals surface area contributed by atoms with E-state index >= 15 is 0 Å². The van der Waals surface area contributed by atoms with E-state index in [0.29, 0.717) is 27.8 Å². The zero-order valence-electron chi connectivity index (χ0n) is 12.9. The van der Waals surface area contributed by atoms with E-state index in [2.05, 4.69) is 0 Å². The van der Waals surface area contributed by atoms with E-state index in [9.17, 15) is 14.4 Å². The molecule has 3 rings (SSSR count). The van der Waals surface area contributed by atoms with Crippen molar-refractivity contribution in [1.29, 1.82) is 0 Å².